The zero-order valence-corrected chi connectivity index (χ0v) is 12.1. The van der Waals surface area contributed by atoms with Crippen molar-refractivity contribution in [2.75, 3.05) is 11.9 Å². The van der Waals surface area contributed by atoms with Gasteiger partial charge in [-0.15, -0.1) is 0 Å². The van der Waals surface area contributed by atoms with Crippen molar-refractivity contribution in [3.8, 4) is 0 Å². The van der Waals surface area contributed by atoms with Crippen LogP contribution in [0.4, 0.5) is 10.1 Å². The first kappa shape index (κ1) is 15.5. The van der Waals surface area contributed by atoms with Crippen LogP contribution in [-0.2, 0) is 6.54 Å². The average Bonchev–Trinajstić information content (AvgIpc) is 2.47. The minimum Gasteiger partial charge on any atom is -0.394 e. The van der Waals surface area contributed by atoms with Gasteiger partial charge in [-0.25, -0.2) is 9.07 Å². The second-order valence-corrected chi connectivity index (χ2v) is 4.89. The lowest BCUT2D eigenvalue weighted by Crippen LogP contribution is -2.26. The predicted octanol–water partition coefficient (Wildman–Crippen LogP) is 2.20. The summed E-state index contributed by atoms with van der Waals surface area (Å²) in [6, 6.07) is 5.98. The van der Waals surface area contributed by atoms with Crippen LogP contribution in [0, 0.1) is 5.82 Å². The maximum atomic E-state index is 13.7. The summed E-state index contributed by atoms with van der Waals surface area (Å²) < 4.78 is 14.8. The number of nitrogens with zero attached hydrogens (tertiary/aromatic N) is 2. The molecule has 0 saturated carbocycles. The van der Waals surface area contributed by atoms with Crippen LogP contribution in [0.25, 0.3) is 0 Å². The van der Waals surface area contributed by atoms with Crippen LogP contribution in [0.3, 0.4) is 0 Å². The number of aliphatic hydroxyl groups is 1. The van der Waals surface area contributed by atoms with Crippen LogP contribution in [-0.4, -0.2) is 21.5 Å². The summed E-state index contributed by atoms with van der Waals surface area (Å²) >= 11 is 5.99. The fourth-order valence-corrected chi connectivity index (χ4v) is 2.16. The van der Waals surface area contributed by atoms with E-state index in [9.17, 15) is 9.18 Å². The Kier molecular flexibility index (Phi) is 4.93. The number of nitrogens with one attached hydrogen (secondary N) is 1. The summed E-state index contributed by atoms with van der Waals surface area (Å²) in [6.45, 7) is 1.62. The highest BCUT2D eigenvalue weighted by Gasteiger charge is 2.14. The van der Waals surface area contributed by atoms with E-state index in [0.29, 0.717) is 11.3 Å². The van der Waals surface area contributed by atoms with Gasteiger partial charge in [0.15, 0.2) is 0 Å². The first-order chi connectivity index (χ1) is 10.0. The van der Waals surface area contributed by atoms with Crippen LogP contribution < -0.4 is 10.9 Å². The Labute approximate surface area is 126 Å². The summed E-state index contributed by atoms with van der Waals surface area (Å²) in [5, 5.41) is 15.7. The molecular weight excluding hydrogens is 297 g/mol. The van der Waals surface area contributed by atoms with Gasteiger partial charge in [0.2, 0.25) is 0 Å². The van der Waals surface area contributed by atoms with Gasteiger partial charge in [0.05, 0.1) is 31.1 Å². The molecule has 7 heteroatoms. The van der Waals surface area contributed by atoms with E-state index < -0.39 is 5.56 Å². The number of anilines is 1. The van der Waals surface area contributed by atoms with E-state index in [4.69, 9.17) is 16.7 Å². The summed E-state index contributed by atoms with van der Waals surface area (Å²) in [4.78, 5) is 11.9. The van der Waals surface area contributed by atoms with Gasteiger partial charge >= 0.3 is 0 Å². The van der Waals surface area contributed by atoms with E-state index in [2.05, 4.69) is 10.4 Å². The third kappa shape index (κ3) is 3.40. The molecule has 0 bridgehead atoms. The summed E-state index contributed by atoms with van der Waals surface area (Å²) in [6.07, 6.45) is 1.39. The molecular formula is C14H15ClFN3O2. The third-order valence-electron chi connectivity index (χ3n) is 3.04. The Morgan fingerprint density at radius 3 is 2.86 bits per heavy atom. The number of hydrogen-bond acceptors (Lipinski definition) is 4. The molecule has 2 aromatic rings. The quantitative estimate of drug-likeness (QED) is 0.888. The van der Waals surface area contributed by atoms with Crippen LogP contribution in [0.15, 0.2) is 35.3 Å². The second-order valence-electron chi connectivity index (χ2n) is 4.51. The molecule has 1 atom stereocenters. The van der Waals surface area contributed by atoms with Crippen LogP contribution in [0.2, 0.25) is 5.02 Å². The molecule has 0 fully saturated rings. The summed E-state index contributed by atoms with van der Waals surface area (Å²) in [5.41, 5.74) is 0.288. The molecule has 0 aliphatic heterocycles. The van der Waals surface area contributed by atoms with Crippen LogP contribution in [0.5, 0.6) is 0 Å². The number of aliphatic hydroxyl groups excluding tert-OH is 1. The van der Waals surface area contributed by atoms with Crippen molar-refractivity contribution in [3.63, 3.8) is 0 Å². The Balaban J connectivity index is 2.26. The normalized spacial score (nSPS) is 12.2. The third-order valence-corrected chi connectivity index (χ3v) is 3.41. The highest BCUT2D eigenvalue weighted by atomic mass is 35.5. The number of rotatable bonds is 5. The SMILES string of the molecule is CC(Nc1cnn(CCO)c(=O)c1Cl)c1ccccc1F. The Morgan fingerprint density at radius 1 is 1.48 bits per heavy atom. The maximum Gasteiger partial charge on any atom is 0.287 e. The molecule has 0 spiro atoms. The maximum absolute atomic E-state index is 13.7. The molecule has 2 N–H and O–H groups in total. The average molecular weight is 312 g/mol. The van der Waals surface area contributed by atoms with E-state index in [-0.39, 0.29) is 30.0 Å². The minimum atomic E-state index is -0.503. The van der Waals surface area contributed by atoms with Crippen molar-refractivity contribution in [3.05, 3.63) is 57.2 Å². The lowest BCUT2D eigenvalue weighted by Gasteiger charge is -2.17. The van der Waals surface area contributed by atoms with Crippen LogP contribution in [0.1, 0.15) is 18.5 Å². The van der Waals surface area contributed by atoms with E-state index in [1.807, 2.05) is 0 Å². The molecule has 112 valence electrons. The Morgan fingerprint density at radius 2 is 2.19 bits per heavy atom. The molecule has 1 unspecified atom stereocenters. The number of aromatic nitrogens is 2. The zero-order chi connectivity index (χ0) is 15.4. The van der Waals surface area contributed by atoms with Gasteiger partial charge in [-0.05, 0) is 13.0 Å². The molecule has 0 amide bonds. The topological polar surface area (TPSA) is 67.2 Å². The van der Waals surface area contributed by atoms with Gasteiger partial charge in [-0.3, -0.25) is 4.79 Å². The fourth-order valence-electron chi connectivity index (χ4n) is 1.96. The van der Waals surface area contributed by atoms with Gasteiger partial charge in [0.1, 0.15) is 10.8 Å². The van der Waals surface area contributed by atoms with Crippen molar-refractivity contribution in [2.45, 2.75) is 19.5 Å². The standard InChI is InChI=1S/C14H15ClFN3O2/c1-9(10-4-2-3-5-11(10)16)18-12-8-17-19(6-7-20)14(21)13(12)15/h2-5,8-9,18,20H,6-7H2,1H3. The molecule has 21 heavy (non-hydrogen) atoms. The second kappa shape index (κ2) is 6.69. The number of halogens is 2. The van der Waals surface area contributed by atoms with E-state index >= 15 is 0 Å². The molecule has 1 heterocycles. The van der Waals surface area contributed by atoms with Gasteiger partial charge < -0.3 is 10.4 Å². The van der Waals surface area contributed by atoms with E-state index in [1.54, 1.807) is 25.1 Å². The van der Waals surface area contributed by atoms with Crippen molar-refractivity contribution >= 4 is 17.3 Å². The van der Waals surface area contributed by atoms with Gasteiger partial charge in [-0.2, -0.15) is 5.10 Å². The fraction of sp³-hybridized carbons (Fsp3) is 0.286. The molecule has 0 aliphatic rings. The summed E-state index contributed by atoms with van der Waals surface area (Å²) in [5.74, 6) is -0.338. The molecule has 0 aliphatic carbocycles. The van der Waals surface area contributed by atoms with Crippen LogP contribution >= 0.6 is 11.6 Å². The Bertz CT molecular complexity index is 690. The van der Waals surface area contributed by atoms with Crippen molar-refractivity contribution < 1.29 is 9.50 Å². The highest BCUT2D eigenvalue weighted by Crippen LogP contribution is 2.24. The summed E-state index contributed by atoms with van der Waals surface area (Å²) in [7, 11) is 0. The molecule has 0 radical (unpaired) electrons. The zero-order valence-electron chi connectivity index (χ0n) is 11.4. The largest absolute Gasteiger partial charge is 0.394 e. The van der Waals surface area contributed by atoms with E-state index in [0.717, 1.165) is 4.68 Å². The van der Waals surface area contributed by atoms with Gasteiger partial charge in [-0.1, -0.05) is 29.8 Å². The van der Waals surface area contributed by atoms with Crippen molar-refractivity contribution in [1.29, 1.82) is 0 Å². The monoisotopic (exact) mass is 311 g/mol. The van der Waals surface area contributed by atoms with Gasteiger partial charge in [0.25, 0.3) is 5.56 Å². The predicted molar refractivity (Wildman–Crippen MR) is 79.0 cm³/mol. The minimum absolute atomic E-state index is 0.0401. The lowest BCUT2D eigenvalue weighted by molar-refractivity contribution is 0.266. The Hall–Kier alpha value is -1.92. The number of benzene rings is 1. The first-order valence-corrected chi connectivity index (χ1v) is 6.80. The van der Waals surface area contributed by atoms with Crippen molar-refractivity contribution in [1.82, 2.24) is 9.78 Å². The molecule has 2 rings (SSSR count). The van der Waals surface area contributed by atoms with E-state index in [1.165, 1.54) is 12.3 Å². The lowest BCUT2D eigenvalue weighted by atomic mass is 10.1. The molecule has 1 aromatic carbocycles. The molecule has 5 nitrogen and oxygen atoms in total. The van der Waals surface area contributed by atoms with Gasteiger partial charge in [0, 0.05) is 5.56 Å². The molecule has 1 aromatic heterocycles. The first-order valence-electron chi connectivity index (χ1n) is 6.42. The number of hydrogen-bond donors (Lipinski definition) is 2. The highest BCUT2D eigenvalue weighted by molar-refractivity contribution is 6.32. The smallest absolute Gasteiger partial charge is 0.287 e. The van der Waals surface area contributed by atoms with Crippen molar-refractivity contribution in [2.24, 2.45) is 0 Å². The molecule has 0 saturated heterocycles.